The topological polar surface area (TPSA) is 133 Å². The van der Waals surface area contributed by atoms with Crippen LogP contribution in [0.2, 0.25) is 0 Å². The smallest absolute Gasteiger partial charge is 0.248 e. The van der Waals surface area contributed by atoms with Gasteiger partial charge in [-0.15, -0.1) is 5.10 Å². The number of benzene rings is 2. The quantitative estimate of drug-likeness (QED) is 0.208. The molecule has 0 N–H and O–H groups in total. The van der Waals surface area contributed by atoms with Gasteiger partial charge in [-0.3, -0.25) is 4.79 Å². The molecule has 46 heavy (non-hydrogen) atoms. The molecule has 0 radical (unpaired) electrons. The van der Waals surface area contributed by atoms with Crippen molar-refractivity contribution in [2.24, 2.45) is 0 Å². The Morgan fingerprint density at radius 1 is 1.09 bits per heavy atom. The van der Waals surface area contributed by atoms with E-state index < -0.39 is 10.0 Å². The maximum atomic E-state index is 13.9. The number of pyridine rings is 1. The lowest BCUT2D eigenvalue weighted by Gasteiger charge is -2.25. The zero-order chi connectivity index (χ0) is 32.4. The number of rotatable bonds is 10. The van der Waals surface area contributed by atoms with Gasteiger partial charge in [0, 0.05) is 50.4 Å². The Morgan fingerprint density at radius 3 is 2.65 bits per heavy atom. The minimum absolute atomic E-state index is 0.0424. The van der Waals surface area contributed by atoms with E-state index in [1.807, 2.05) is 56.6 Å². The highest BCUT2D eigenvalue weighted by Crippen LogP contribution is 2.36. The predicted octanol–water partition coefficient (Wildman–Crippen LogP) is 4.95. The minimum Gasteiger partial charge on any atom is -0.472 e. The van der Waals surface area contributed by atoms with Gasteiger partial charge in [-0.2, -0.15) is 4.31 Å². The first-order valence-corrected chi connectivity index (χ1v) is 16.9. The molecule has 0 amide bonds. The molecule has 238 valence electrons. The van der Waals surface area contributed by atoms with Crippen LogP contribution < -0.4 is 4.74 Å². The first-order valence-electron chi connectivity index (χ1n) is 15.5. The van der Waals surface area contributed by atoms with Crippen LogP contribution in [-0.4, -0.2) is 61.1 Å². The third-order valence-corrected chi connectivity index (χ3v) is 10.5. The molecule has 11 nitrogen and oxygen atoms in total. The summed E-state index contributed by atoms with van der Waals surface area (Å²) in [5, 5.41) is 8.78. The molecule has 1 aliphatic heterocycles. The molecule has 3 aromatic heterocycles. The number of hydrogen-bond donors (Lipinski definition) is 0. The lowest BCUT2D eigenvalue weighted by Crippen LogP contribution is -2.36. The van der Waals surface area contributed by atoms with E-state index in [9.17, 15) is 13.2 Å². The Labute approximate surface area is 268 Å². The number of fused-ring (bicyclic) bond motifs is 2. The Kier molecular flexibility index (Phi) is 8.92. The first kappa shape index (κ1) is 31.4. The molecule has 0 saturated carbocycles. The van der Waals surface area contributed by atoms with E-state index in [4.69, 9.17) is 4.74 Å². The molecular formula is C34H37N7O4S. The van der Waals surface area contributed by atoms with Crippen molar-refractivity contribution in [1.29, 1.82) is 0 Å². The van der Waals surface area contributed by atoms with E-state index in [0.29, 0.717) is 13.0 Å². The van der Waals surface area contributed by atoms with Gasteiger partial charge < -0.3 is 4.74 Å². The number of Topliss-reactive ketones (excluding diaryl/α,β-unsaturated/α-hetero) is 1. The maximum absolute atomic E-state index is 13.9. The van der Waals surface area contributed by atoms with E-state index in [-0.39, 0.29) is 54.5 Å². The van der Waals surface area contributed by atoms with Gasteiger partial charge in [0.05, 0.1) is 12.1 Å². The second-order valence-electron chi connectivity index (χ2n) is 11.7. The van der Waals surface area contributed by atoms with E-state index in [1.54, 1.807) is 30.7 Å². The monoisotopic (exact) mass is 639 g/mol. The lowest BCUT2D eigenvalue weighted by molar-refractivity contribution is -0.118. The van der Waals surface area contributed by atoms with Crippen molar-refractivity contribution >= 4 is 26.8 Å². The summed E-state index contributed by atoms with van der Waals surface area (Å²) in [6.07, 6.45) is 7.04. The van der Waals surface area contributed by atoms with Crippen LogP contribution >= 0.6 is 0 Å². The SMILES string of the molecule is CC[C@@H]1CN(Cc2cc([C@H](CC(=O)Cc3cncnc3)c3ccc4c(nnn4CC)c3C)ccc2C)S(=O)(=O)c2cccnc2O1. The molecule has 6 rings (SSSR count). The minimum atomic E-state index is -3.89. The largest absolute Gasteiger partial charge is 0.472 e. The average Bonchev–Trinajstić information content (AvgIpc) is 3.45. The second-order valence-corrected chi connectivity index (χ2v) is 13.6. The number of hydrogen-bond acceptors (Lipinski definition) is 9. The molecule has 2 aromatic carbocycles. The van der Waals surface area contributed by atoms with Crippen molar-refractivity contribution in [3.05, 3.63) is 101 Å². The number of carbonyl (C=O) groups is 1. The second kappa shape index (κ2) is 13.1. The Hall–Kier alpha value is -4.55. The van der Waals surface area contributed by atoms with Gasteiger partial charge in [-0.05, 0) is 78.8 Å². The maximum Gasteiger partial charge on any atom is 0.248 e. The third-order valence-electron chi connectivity index (χ3n) is 8.72. The van der Waals surface area contributed by atoms with Crippen molar-refractivity contribution < 1.29 is 17.9 Å². The Morgan fingerprint density at radius 2 is 1.89 bits per heavy atom. The van der Waals surface area contributed by atoms with Crippen molar-refractivity contribution in [1.82, 2.24) is 34.3 Å². The number of aryl methyl sites for hydroxylation is 3. The fourth-order valence-electron chi connectivity index (χ4n) is 6.10. The summed E-state index contributed by atoms with van der Waals surface area (Å²) in [7, 11) is -3.89. The lowest BCUT2D eigenvalue weighted by atomic mass is 9.82. The zero-order valence-corrected chi connectivity index (χ0v) is 27.2. The number of aromatic nitrogens is 6. The highest BCUT2D eigenvalue weighted by molar-refractivity contribution is 7.89. The fraction of sp³-hybridized carbons (Fsp3) is 0.353. The van der Waals surface area contributed by atoms with Crippen LogP contribution in [0.15, 0.2) is 72.3 Å². The summed E-state index contributed by atoms with van der Waals surface area (Å²) in [6.45, 7) is 9.03. The molecule has 0 aliphatic carbocycles. The van der Waals surface area contributed by atoms with E-state index >= 15 is 0 Å². The van der Waals surface area contributed by atoms with Gasteiger partial charge in [-0.1, -0.05) is 36.4 Å². The first-order chi connectivity index (χ1) is 22.2. The standard InChI is InChI=1S/C34H37N7O4S/c1-5-28-20-40(46(43,44)32-8-7-13-37-34(32)45-28)19-26-15-25(10-9-22(26)3)30(16-27(42)14-24-17-35-21-36-18-24)29-11-12-31-33(23(29)4)38-39-41(31)6-2/h7-13,15,17-18,21,28,30H,5-6,14,16,19-20H2,1-4H3/t28-,30+/m1/s1. The Bertz CT molecular complexity index is 2000. The summed E-state index contributed by atoms with van der Waals surface area (Å²) in [6, 6.07) is 13.3. The summed E-state index contributed by atoms with van der Waals surface area (Å²) < 4.78 is 37.1. The van der Waals surface area contributed by atoms with Crippen LogP contribution in [0.5, 0.6) is 5.88 Å². The molecule has 0 saturated heterocycles. The predicted molar refractivity (Wildman–Crippen MR) is 173 cm³/mol. The molecule has 4 heterocycles. The van der Waals surface area contributed by atoms with Crippen LogP contribution in [0, 0.1) is 13.8 Å². The molecule has 1 aliphatic rings. The third kappa shape index (κ3) is 6.14. The summed E-state index contributed by atoms with van der Waals surface area (Å²) in [5.74, 6) is -0.124. The molecule has 5 aromatic rings. The summed E-state index contributed by atoms with van der Waals surface area (Å²) in [4.78, 5) is 26.0. The average molecular weight is 640 g/mol. The molecular weight excluding hydrogens is 602 g/mol. The number of nitrogens with zero attached hydrogens (tertiary/aromatic N) is 7. The Balaban J connectivity index is 1.40. The van der Waals surface area contributed by atoms with Crippen LogP contribution in [0.1, 0.15) is 66.0 Å². The number of ketones is 1. The number of ether oxygens (including phenoxy) is 1. The van der Waals surface area contributed by atoms with Crippen LogP contribution in [0.3, 0.4) is 0 Å². The molecule has 2 atom stereocenters. The fourth-order valence-corrected chi connectivity index (χ4v) is 7.62. The van der Waals surface area contributed by atoms with Gasteiger partial charge in [0.15, 0.2) is 0 Å². The number of sulfonamides is 1. The van der Waals surface area contributed by atoms with Gasteiger partial charge in [0.1, 0.15) is 28.6 Å². The molecule has 0 bridgehead atoms. The van der Waals surface area contributed by atoms with Gasteiger partial charge >= 0.3 is 0 Å². The molecule has 0 unspecified atom stereocenters. The van der Waals surface area contributed by atoms with E-state index in [0.717, 1.165) is 44.4 Å². The van der Waals surface area contributed by atoms with Crippen molar-refractivity contribution in [3.8, 4) is 5.88 Å². The summed E-state index contributed by atoms with van der Waals surface area (Å²) in [5.41, 5.74) is 7.15. The van der Waals surface area contributed by atoms with Crippen molar-refractivity contribution in [2.45, 2.75) is 77.0 Å². The van der Waals surface area contributed by atoms with Crippen molar-refractivity contribution in [3.63, 3.8) is 0 Å². The highest BCUT2D eigenvalue weighted by atomic mass is 32.2. The van der Waals surface area contributed by atoms with Crippen LogP contribution in [-0.2, 0) is 34.3 Å². The molecule has 12 heteroatoms. The van der Waals surface area contributed by atoms with Crippen LogP contribution in [0.4, 0.5) is 0 Å². The highest BCUT2D eigenvalue weighted by Gasteiger charge is 2.35. The van der Waals surface area contributed by atoms with Crippen LogP contribution in [0.25, 0.3) is 11.0 Å². The van der Waals surface area contributed by atoms with E-state index in [1.165, 1.54) is 10.6 Å². The molecule has 0 spiro atoms. The van der Waals surface area contributed by atoms with Gasteiger partial charge in [0.2, 0.25) is 15.9 Å². The number of carbonyl (C=O) groups excluding carboxylic acids is 1. The molecule has 0 fully saturated rings. The zero-order valence-electron chi connectivity index (χ0n) is 26.4. The normalized spacial score (nSPS) is 16.8. The summed E-state index contributed by atoms with van der Waals surface area (Å²) >= 11 is 0. The van der Waals surface area contributed by atoms with Gasteiger partial charge in [0.25, 0.3) is 0 Å². The van der Waals surface area contributed by atoms with E-state index in [2.05, 4.69) is 31.3 Å². The van der Waals surface area contributed by atoms with Gasteiger partial charge in [-0.25, -0.2) is 28.1 Å². The van der Waals surface area contributed by atoms with Crippen molar-refractivity contribution in [2.75, 3.05) is 6.54 Å².